The molecule has 0 unspecified atom stereocenters. The van der Waals surface area contributed by atoms with Crippen LogP contribution in [0.15, 0.2) is 29.2 Å². The maximum absolute atomic E-state index is 13.5. The van der Waals surface area contributed by atoms with Crippen LogP contribution in [-0.2, 0) is 21.0 Å². The van der Waals surface area contributed by atoms with Crippen molar-refractivity contribution in [3.8, 4) is 0 Å². The average molecular weight is 414 g/mol. The molecule has 2 N–H and O–H groups in total. The van der Waals surface area contributed by atoms with Gasteiger partial charge >= 0.3 is 6.18 Å². The van der Waals surface area contributed by atoms with Gasteiger partial charge in [-0.3, -0.25) is 9.52 Å². The Kier molecular flexibility index (Phi) is 5.79. The number of nitrogens with one attached hydrogen (secondary N) is 2. The van der Waals surface area contributed by atoms with Gasteiger partial charge in [-0.2, -0.15) is 13.2 Å². The molecule has 0 aliphatic rings. The molecule has 5 nitrogen and oxygen atoms in total. The molecular formula is C19H21F3N2O3S. The maximum atomic E-state index is 13.5. The fraction of sp³-hybridized carbons (Fsp3) is 0.316. The molecular weight excluding hydrogens is 393 g/mol. The predicted octanol–water partition coefficient (Wildman–Crippen LogP) is 4.70. The SMILES string of the molecule is CC(=O)Nc1ccc(NS(=O)(=O)c2c(C)c(C)cc(C)c2C)c(C(F)(F)F)c1. The Hall–Kier alpha value is -2.55. The first-order valence-corrected chi connectivity index (χ1v) is 9.81. The second kappa shape index (κ2) is 7.46. The minimum Gasteiger partial charge on any atom is -0.326 e. The number of aryl methyl sites for hydroxylation is 2. The highest BCUT2D eigenvalue weighted by Gasteiger charge is 2.35. The van der Waals surface area contributed by atoms with Crippen molar-refractivity contribution in [3.63, 3.8) is 0 Å². The van der Waals surface area contributed by atoms with Gasteiger partial charge in [-0.15, -0.1) is 0 Å². The molecule has 0 saturated heterocycles. The van der Waals surface area contributed by atoms with Gasteiger partial charge in [0.15, 0.2) is 0 Å². The van der Waals surface area contributed by atoms with Crippen molar-refractivity contribution in [1.82, 2.24) is 0 Å². The third-order valence-electron chi connectivity index (χ3n) is 4.46. The van der Waals surface area contributed by atoms with E-state index in [0.29, 0.717) is 17.2 Å². The van der Waals surface area contributed by atoms with Crippen molar-refractivity contribution in [2.75, 3.05) is 10.0 Å². The second-order valence-electron chi connectivity index (χ2n) is 6.63. The summed E-state index contributed by atoms with van der Waals surface area (Å²) in [6.45, 7) is 7.87. The van der Waals surface area contributed by atoms with Crippen molar-refractivity contribution in [3.05, 3.63) is 52.1 Å². The number of alkyl halides is 3. The minimum atomic E-state index is -4.82. The number of amides is 1. The molecule has 0 fully saturated rings. The second-order valence-corrected chi connectivity index (χ2v) is 8.25. The Morgan fingerprint density at radius 3 is 1.96 bits per heavy atom. The van der Waals surface area contributed by atoms with Crippen molar-refractivity contribution >= 4 is 27.3 Å². The van der Waals surface area contributed by atoms with Crippen molar-refractivity contribution in [2.24, 2.45) is 0 Å². The fourth-order valence-corrected chi connectivity index (χ4v) is 4.63. The van der Waals surface area contributed by atoms with Crippen LogP contribution >= 0.6 is 0 Å². The van der Waals surface area contributed by atoms with Gasteiger partial charge in [0.05, 0.1) is 16.1 Å². The van der Waals surface area contributed by atoms with Gasteiger partial charge in [0.25, 0.3) is 10.0 Å². The van der Waals surface area contributed by atoms with Crippen LogP contribution < -0.4 is 10.0 Å². The zero-order valence-corrected chi connectivity index (χ0v) is 16.9. The number of sulfonamides is 1. The Bertz CT molecular complexity index is 1020. The molecule has 0 saturated carbocycles. The molecule has 1 amide bonds. The monoisotopic (exact) mass is 414 g/mol. The molecule has 0 spiro atoms. The van der Waals surface area contributed by atoms with Crippen LogP contribution in [0.3, 0.4) is 0 Å². The molecule has 0 aliphatic carbocycles. The topological polar surface area (TPSA) is 75.3 Å². The smallest absolute Gasteiger partial charge is 0.326 e. The highest BCUT2D eigenvalue weighted by atomic mass is 32.2. The first kappa shape index (κ1) is 21.7. The van der Waals surface area contributed by atoms with Crippen molar-refractivity contribution in [1.29, 1.82) is 0 Å². The molecule has 0 atom stereocenters. The summed E-state index contributed by atoms with van der Waals surface area (Å²) in [7, 11) is -4.28. The fourth-order valence-electron chi connectivity index (χ4n) is 2.93. The quantitative estimate of drug-likeness (QED) is 0.762. The first-order valence-electron chi connectivity index (χ1n) is 8.33. The average Bonchev–Trinajstić information content (AvgIpc) is 2.52. The van der Waals surface area contributed by atoms with Crippen LogP contribution in [0.25, 0.3) is 0 Å². The van der Waals surface area contributed by atoms with E-state index in [2.05, 4.69) is 10.0 Å². The van der Waals surface area contributed by atoms with Crippen LogP contribution in [0, 0.1) is 27.7 Å². The Labute approximate surface area is 162 Å². The number of benzene rings is 2. The molecule has 0 bridgehead atoms. The van der Waals surface area contributed by atoms with Gasteiger partial charge in [0, 0.05) is 12.6 Å². The lowest BCUT2D eigenvalue weighted by molar-refractivity contribution is -0.136. The van der Waals surface area contributed by atoms with Gasteiger partial charge in [0.2, 0.25) is 5.91 Å². The zero-order chi connectivity index (χ0) is 21.4. The largest absolute Gasteiger partial charge is 0.418 e. The third-order valence-corrected chi connectivity index (χ3v) is 6.09. The molecule has 2 aromatic rings. The number of carbonyl (C=O) groups excluding carboxylic acids is 1. The maximum Gasteiger partial charge on any atom is 0.418 e. The van der Waals surface area contributed by atoms with E-state index in [4.69, 9.17) is 0 Å². The van der Waals surface area contributed by atoms with Crippen LogP contribution in [0.5, 0.6) is 0 Å². The van der Waals surface area contributed by atoms with Gasteiger partial charge < -0.3 is 5.32 Å². The summed E-state index contributed by atoms with van der Waals surface area (Å²) in [6.07, 6.45) is -4.82. The first-order chi connectivity index (χ1) is 12.7. The number of carbonyl (C=O) groups is 1. The lowest BCUT2D eigenvalue weighted by Crippen LogP contribution is -2.20. The van der Waals surface area contributed by atoms with Crippen molar-refractivity contribution in [2.45, 2.75) is 45.7 Å². The third kappa shape index (κ3) is 4.46. The summed E-state index contributed by atoms with van der Waals surface area (Å²) in [6, 6.07) is 4.71. The number of anilines is 2. The lowest BCUT2D eigenvalue weighted by atomic mass is 10.0. The Morgan fingerprint density at radius 2 is 1.50 bits per heavy atom. The van der Waals surface area contributed by atoms with Crippen LogP contribution in [-0.4, -0.2) is 14.3 Å². The number of halogens is 3. The Morgan fingerprint density at radius 1 is 0.964 bits per heavy atom. The van der Waals surface area contributed by atoms with E-state index in [9.17, 15) is 26.4 Å². The Balaban J connectivity index is 2.60. The zero-order valence-electron chi connectivity index (χ0n) is 16.1. The molecule has 2 aromatic carbocycles. The number of hydrogen-bond donors (Lipinski definition) is 2. The van der Waals surface area contributed by atoms with E-state index in [1.54, 1.807) is 27.7 Å². The van der Waals surface area contributed by atoms with E-state index in [-0.39, 0.29) is 10.6 Å². The predicted molar refractivity (Wildman–Crippen MR) is 102 cm³/mol. The summed E-state index contributed by atoms with van der Waals surface area (Å²) >= 11 is 0. The van der Waals surface area contributed by atoms with E-state index in [1.165, 1.54) is 6.07 Å². The summed E-state index contributed by atoms with van der Waals surface area (Å²) in [5, 5.41) is 2.26. The molecule has 0 radical (unpaired) electrons. The van der Waals surface area contributed by atoms with Gasteiger partial charge in [0.1, 0.15) is 0 Å². The molecule has 28 heavy (non-hydrogen) atoms. The normalized spacial score (nSPS) is 12.0. The molecule has 0 aromatic heterocycles. The number of rotatable bonds is 4. The lowest BCUT2D eigenvalue weighted by Gasteiger charge is -2.19. The van der Waals surface area contributed by atoms with Crippen LogP contribution in [0.1, 0.15) is 34.7 Å². The summed E-state index contributed by atoms with van der Waals surface area (Å²) < 4.78 is 68.4. The molecule has 0 aliphatic heterocycles. The summed E-state index contributed by atoms with van der Waals surface area (Å²) in [4.78, 5) is 11.1. The summed E-state index contributed by atoms with van der Waals surface area (Å²) in [5.74, 6) is -0.539. The van der Waals surface area contributed by atoms with Crippen LogP contribution in [0.2, 0.25) is 0 Å². The highest BCUT2D eigenvalue weighted by molar-refractivity contribution is 7.92. The van der Waals surface area contributed by atoms with E-state index in [0.717, 1.165) is 24.1 Å². The van der Waals surface area contributed by atoms with E-state index < -0.39 is 33.4 Å². The molecule has 152 valence electrons. The standard InChI is InChI=1S/C19H21F3N2O3S/c1-10-8-11(2)13(4)18(12(10)3)28(26,27)24-17-7-6-15(23-14(5)25)9-16(17)19(20,21)22/h6-9,24H,1-5H3,(H,23,25). The highest BCUT2D eigenvalue weighted by Crippen LogP contribution is 2.38. The molecule has 9 heteroatoms. The van der Waals surface area contributed by atoms with Crippen molar-refractivity contribution < 1.29 is 26.4 Å². The van der Waals surface area contributed by atoms with Gasteiger partial charge in [-0.05, 0) is 68.1 Å². The van der Waals surface area contributed by atoms with E-state index >= 15 is 0 Å². The number of hydrogen-bond acceptors (Lipinski definition) is 3. The van der Waals surface area contributed by atoms with Gasteiger partial charge in [-0.1, -0.05) is 6.07 Å². The van der Waals surface area contributed by atoms with Gasteiger partial charge in [-0.25, -0.2) is 8.42 Å². The molecule has 0 heterocycles. The molecule has 2 rings (SSSR count). The minimum absolute atomic E-state index is 0.0379. The summed E-state index contributed by atoms with van der Waals surface area (Å²) in [5.41, 5.74) is 0.502. The van der Waals surface area contributed by atoms with E-state index in [1.807, 2.05) is 6.07 Å². The van der Waals surface area contributed by atoms with Crippen LogP contribution in [0.4, 0.5) is 24.5 Å².